The summed E-state index contributed by atoms with van der Waals surface area (Å²) >= 11 is 0. The van der Waals surface area contributed by atoms with Gasteiger partial charge in [0.25, 0.3) is 15.9 Å². The quantitative estimate of drug-likeness (QED) is 0.625. The van der Waals surface area contributed by atoms with Gasteiger partial charge in [0.1, 0.15) is 0 Å². The van der Waals surface area contributed by atoms with Gasteiger partial charge >= 0.3 is 6.18 Å². The molecule has 0 atom stereocenters. The lowest BCUT2D eigenvalue weighted by atomic mass is 10.1. The van der Waals surface area contributed by atoms with Crippen molar-refractivity contribution in [2.24, 2.45) is 0 Å². The van der Waals surface area contributed by atoms with Gasteiger partial charge < -0.3 is 5.32 Å². The fourth-order valence-electron chi connectivity index (χ4n) is 2.45. The van der Waals surface area contributed by atoms with Crippen LogP contribution in [-0.4, -0.2) is 14.3 Å². The molecule has 0 aromatic heterocycles. The average Bonchev–Trinajstić information content (AvgIpc) is 2.68. The van der Waals surface area contributed by atoms with E-state index in [0.29, 0.717) is 0 Å². The second-order valence-electron chi connectivity index (χ2n) is 6.03. The van der Waals surface area contributed by atoms with Crippen molar-refractivity contribution in [1.29, 1.82) is 0 Å². The van der Waals surface area contributed by atoms with E-state index in [1.165, 1.54) is 36.4 Å². The number of amides is 1. The summed E-state index contributed by atoms with van der Waals surface area (Å²) in [4.78, 5) is 12.3. The number of hydrogen-bond acceptors (Lipinski definition) is 3. The summed E-state index contributed by atoms with van der Waals surface area (Å²) in [5, 5.41) is 2.49. The fraction of sp³-hybridized carbons (Fsp3) is 0.0500. The Bertz CT molecular complexity index is 1100. The standard InChI is InChI=1S/C20H15F3N2O3S/c21-20(22,23)15-8-12-16(13-9-15)24-19(26)14-6-10-17(11-7-14)25-29(27,28)18-4-2-1-3-5-18/h1-13,25H,(H,24,26). The fourth-order valence-corrected chi connectivity index (χ4v) is 3.53. The van der Waals surface area contributed by atoms with Gasteiger partial charge in [-0.3, -0.25) is 9.52 Å². The second-order valence-corrected chi connectivity index (χ2v) is 7.71. The van der Waals surface area contributed by atoms with Crippen molar-refractivity contribution in [1.82, 2.24) is 0 Å². The summed E-state index contributed by atoms with van der Waals surface area (Å²) in [6, 6.07) is 17.5. The lowest BCUT2D eigenvalue weighted by Crippen LogP contribution is -2.14. The summed E-state index contributed by atoms with van der Waals surface area (Å²) in [5.74, 6) is -0.540. The van der Waals surface area contributed by atoms with Gasteiger partial charge in [-0.05, 0) is 60.7 Å². The molecule has 0 aliphatic rings. The van der Waals surface area contributed by atoms with Crippen molar-refractivity contribution < 1.29 is 26.4 Å². The molecule has 0 saturated heterocycles. The maximum atomic E-state index is 12.6. The van der Waals surface area contributed by atoms with Crippen LogP contribution in [0.3, 0.4) is 0 Å². The van der Waals surface area contributed by atoms with Gasteiger partial charge in [-0.15, -0.1) is 0 Å². The smallest absolute Gasteiger partial charge is 0.322 e. The van der Waals surface area contributed by atoms with Crippen LogP contribution in [0.4, 0.5) is 24.5 Å². The van der Waals surface area contributed by atoms with Crippen molar-refractivity contribution in [2.45, 2.75) is 11.1 Å². The van der Waals surface area contributed by atoms with Crippen molar-refractivity contribution in [3.05, 3.63) is 90.0 Å². The molecule has 2 N–H and O–H groups in total. The first-order chi connectivity index (χ1) is 13.6. The monoisotopic (exact) mass is 420 g/mol. The third-order valence-electron chi connectivity index (χ3n) is 3.92. The minimum atomic E-state index is -4.45. The predicted molar refractivity (Wildman–Crippen MR) is 103 cm³/mol. The zero-order valence-electron chi connectivity index (χ0n) is 14.8. The summed E-state index contributed by atoms with van der Waals surface area (Å²) in [6.07, 6.45) is -4.45. The molecule has 0 fully saturated rings. The van der Waals surface area contributed by atoms with Crippen LogP contribution in [0, 0.1) is 0 Å². The third-order valence-corrected chi connectivity index (χ3v) is 5.32. The van der Waals surface area contributed by atoms with Crippen LogP contribution in [0.5, 0.6) is 0 Å². The molecule has 1 amide bonds. The molecule has 0 heterocycles. The van der Waals surface area contributed by atoms with Gasteiger partial charge in [-0.25, -0.2) is 8.42 Å². The molecule has 3 aromatic carbocycles. The minimum Gasteiger partial charge on any atom is -0.322 e. The molecule has 29 heavy (non-hydrogen) atoms. The number of sulfonamides is 1. The van der Waals surface area contributed by atoms with Crippen molar-refractivity contribution in [2.75, 3.05) is 10.0 Å². The van der Waals surface area contributed by atoms with Crippen LogP contribution < -0.4 is 10.0 Å². The average molecular weight is 420 g/mol. The number of alkyl halides is 3. The van der Waals surface area contributed by atoms with E-state index in [1.54, 1.807) is 18.2 Å². The lowest BCUT2D eigenvalue weighted by Gasteiger charge is -2.10. The largest absolute Gasteiger partial charge is 0.416 e. The second kappa shape index (κ2) is 7.96. The van der Waals surface area contributed by atoms with Gasteiger partial charge in [0.2, 0.25) is 0 Å². The maximum absolute atomic E-state index is 12.6. The first kappa shape index (κ1) is 20.4. The highest BCUT2D eigenvalue weighted by molar-refractivity contribution is 7.92. The molecule has 9 heteroatoms. The number of rotatable bonds is 5. The Labute approximate surface area is 165 Å². The number of anilines is 2. The number of hydrogen-bond donors (Lipinski definition) is 2. The third kappa shape index (κ3) is 5.14. The molecule has 0 aliphatic heterocycles. The summed E-state index contributed by atoms with van der Waals surface area (Å²) in [5.41, 5.74) is -0.130. The predicted octanol–water partition coefficient (Wildman–Crippen LogP) is 4.76. The van der Waals surface area contributed by atoms with E-state index < -0.39 is 27.7 Å². The van der Waals surface area contributed by atoms with E-state index in [-0.39, 0.29) is 21.8 Å². The van der Waals surface area contributed by atoms with Crippen molar-refractivity contribution in [3.63, 3.8) is 0 Å². The zero-order chi connectivity index (χ0) is 21.1. The van der Waals surface area contributed by atoms with Crippen molar-refractivity contribution in [3.8, 4) is 0 Å². The Morgan fingerprint density at radius 2 is 1.31 bits per heavy atom. The maximum Gasteiger partial charge on any atom is 0.416 e. The highest BCUT2D eigenvalue weighted by Gasteiger charge is 2.30. The number of benzene rings is 3. The highest BCUT2D eigenvalue weighted by atomic mass is 32.2. The summed E-state index contributed by atoms with van der Waals surface area (Å²) in [6.45, 7) is 0. The van der Waals surface area contributed by atoms with Gasteiger partial charge in [0, 0.05) is 16.9 Å². The SMILES string of the molecule is O=C(Nc1ccc(C(F)(F)F)cc1)c1ccc(NS(=O)(=O)c2ccccc2)cc1. The molecular formula is C20H15F3N2O3S. The van der Waals surface area contributed by atoms with E-state index in [0.717, 1.165) is 24.3 Å². The molecule has 150 valence electrons. The molecule has 0 radical (unpaired) electrons. The van der Waals surface area contributed by atoms with Gasteiger partial charge in [-0.1, -0.05) is 18.2 Å². The first-order valence-corrected chi connectivity index (χ1v) is 9.80. The topological polar surface area (TPSA) is 75.3 Å². The van der Waals surface area contributed by atoms with Gasteiger partial charge in [0.05, 0.1) is 10.5 Å². The molecule has 3 rings (SSSR count). The number of carbonyl (C=O) groups excluding carboxylic acids is 1. The van der Waals surface area contributed by atoms with E-state index in [1.807, 2.05) is 0 Å². The molecule has 3 aromatic rings. The van der Waals surface area contributed by atoms with Crippen LogP contribution in [-0.2, 0) is 16.2 Å². The molecule has 0 unspecified atom stereocenters. The Hall–Kier alpha value is -3.33. The Balaban J connectivity index is 1.67. The molecule has 0 saturated carbocycles. The molecule has 0 aliphatic carbocycles. The summed E-state index contributed by atoms with van der Waals surface area (Å²) in [7, 11) is -3.75. The van der Waals surface area contributed by atoms with Crippen LogP contribution in [0.1, 0.15) is 15.9 Å². The number of nitrogens with one attached hydrogen (secondary N) is 2. The van der Waals surface area contributed by atoms with E-state index in [4.69, 9.17) is 0 Å². The Morgan fingerprint density at radius 1 is 0.759 bits per heavy atom. The van der Waals surface area contributed by atoms with Gasteiger partial charge in [-0.2, -0.15) is 13.2 Å². The van der Waals surface area contributed by atoms with Crippen LogP contribution in [0.2, 0.25) is 0 Å². The zero-order valence-corrected chi connectivity index (χ0v) is 15.6. The molecule has 5 nitrogen and oxygen atoms in total. The molecular weight excluding hydrogens is 405 g/mol. The van der Waals surface area contributed by atoms with Crippen LogP contribution in [0.15, 0.2) is 83.8 Å². The van der Waals surface area contributed by atoms with Crippen LogP contribution >= 0.6 is 0 Å². The normalized spacial score (nSPS) is 11.7. The lowest BCUT2D eigenvalue weighted by molar-refractivity contribution is -0.137. The first-order valence-electron chi connectivity index (χ1n) is 8.32. The van der Waals surface area contributed by atoms with Crippen LogP contribution in [0.25, 0.3) is 0 Å². The van der Waals surface area contributed by atoms with E-state index in [9.17, 15) is 26.4 Å². The number of halogens is 3. The Morgan fingerprint density at radius 3 is 1.86 bits per heavy atom. The van der Waals surface area contributed by atoms with E-state index >= 15 is 0 Å². The molecule has 0 spiro atoms. The number of carbonyl (C=O) groups is 1. The minimum absolute atomic E-state index is 0.101. The summed E-state index contributed by atoms with van der Waals surface area (Å²) < 4.78 is 64.7. The highest BCUT2D eigenvalue weighted by Crippen LogP contribution is 2.30. The Kier molecular flexibility index (Phi) is 5.60. The molecule has 0 bridgehead atoms. The van der Waals surface area contributed by atoms with Gasteiger partial charge in [0.15, 0.2) is 0 Å². The van der Waals surface area contributed by atoms with Crippen molar-refractivity contribution >= 4 is 27.3 Å². The van der Waals surface area contributed by atoms with E-state index in [2.05, 4.69) is 10.0 Å².